The van der Waals surface area contributed by atoms with Gasteiger partial charge in [0.15, 0.2) is 0 Å². The average molecular weight is 200 g/mol. The molecular formula is C14H16O. The van der Waals surface area contributed by atoms with E-state index in [4.69, 9.17) is 4.42 Å². The summed E-state index contributed by atoms with van der Waals surface area (Å²) in [7, 11) is 0. The average Bonchev–Trinajstić information content (AvgIpc) is 2.81. The van der Waals surface area contributed by atoms with Gasteiger partial charge < -0.3 is 4.42 Å². The highest BCUT2D eigenvalue weighted by atomic mass is 16.3. The minimum Gasteiger partial charge on any atom is -0.468 e. The van der Waals surface area contributed by atoms with E-state index >= 15 is 0 Å². The van der Waals surface area contributed by atoms with Gasteiger partial charge in [-0.15, -0.1) is 0 Å². The first-order chi connectivity index (χ1) is 7.36. The van der Waals surface area contributed by atoms with Crippen molar-refractivity contribution in [2.75, 3.05) is 0 Å². The van der Waals surface area contributed by atoms with Crippen molar-refractivity contribution in [1.82, 2.24) is 0 Å². The van der Waals surface area contributed by atoms with Crippen LogP contribution in [0.1, 0.15) is 44.3 Å². The third-order valence-corrected chi connectivity index (χ3v) is 2.71. The summed E-state index contributed by atoms with van der Waals surface area (Å²) in [6.45, 7) is 2.08. The molecule has 1 aliphatic carbocycles. The van der Waals surface area contributed by atoms with Gasteiger partial charge in [-0.1, -0.05) is 17.9 Å². The van der Waals surface area contributed by atoms with E-state index in [-0.39, 0.29) is 5.92 Å². The zero-order valence-electron chi connectivity index (χ0n) is 9.12. The Hall–Kier alpha value is -1.42. The van der Waals surface area contributed by atoms with Crippen LogP contribution >= 0.6 is 0 Å². The molecule has 0 aliphatic heterocycles. The first-order valence-corrected chi connectivity index (χ1v) is 5.60. The first-order valence-electron chi connectivity index (χ1n) is 5.60. The summed E-state index contributed by atoms with van der Waals surface area (Å²) in [6.07, 6.45) is 8.92. The van der Waals surface area contributed by atoms with Crippen LogP contribution in [0.4, 0.5) is 0 Å². The zero-order chi connectivity index (χ0) is 10.5. The Morgan fingerprint density at radius 1 is 1.40 bits per heavy atom. The molecule has 0 amide bonds. The molecule has 1 aromatic rings. The second-order valence-electron chi connectivity index (χ2n) is 3.98. The van der Waals surface area contributed by atoms with E-state index in [9.17, 15) is 0 Å². The fourth-order valence-corrected chi connectivity index (χ4v) is 1.76. The molecule has 0 saturated heterocycles. The topological polar surface area (TPSA) is 13.1 Å². The van der Waals surface area contributed by atoms with E-state index in [0.29, 0.717) is 0 Å². The predicted octanol–water partition coefficient (Wildman–Crippen LogP) is 3.89. The maximum Gasteiger partial charge on any atom is 0.118 e. The van der Waals surface area contributed by atoms with Gasteiger partial charge in [0.1, 0.15) is 5.76 Å². The SMILES string of the molecule is CC(C#CC1=CCCCC1)c1ccco1. The second-order valence-corrected chi connectivity index (χ2v) is 3.98. The molecule has 0 aromatic carbocycles. The molecule has 0 bridgehead atoms. The van der Waals surface area contributed by atoms with Crippen molar-refractivity contribution in [3.8, 4) is 11.8 Å². The fraction of sp³-hybridized carbons (Fsp3) is 0.429. The van der Waals surface area contributed by atoms with Crippen molar-refractivity contribution in [3.63, 3.8) is 0 Å². The summed E-state index contributed by atoms with van der Waals surface area (Å²) >= 11 is 0. The Balaban J connectivity index is 2.02. The summed E-state index contributed by atoms with van der Waals surface area (Å²) in [4.78, 5) is 0. The van der Waals surface area contributed by atoms with E-state index in [1.165, 1.54) is 24.8 Å². The lowest BCUT2D eigenvalue weighted by atomic mass is 9.99. The molecule has 0 radical (unpaired) electrons. The van der Waals surface area contributed by atoms with Crippen molar-refractivity contribution in [1.29, 1.82) is 0 Å². The number of hydrogen-bond donors (Lipinski definition) is 0. The standard InChI is InChI=1S/C14H16O/c1-12(14-8-5-11-15-14)9-10-13-6-3-2-4-7-13/h5-6,8,11-12H,2-4,7H2,1H3. The van der Waals surface area contributed by atoms with Crippen LogP contribution in [0.15, 0.2) is 34.5 Å². The maximum atomic E-state index is 5.31. The molecule has 1 heterocycles. The van der Waals surface area contributed by atoms with Crippen LogP contribution in [0, 0.1) is 11.8 Å². The first kappa shape index (κ1) is 10.1. The Morgan fingerprint density at radius 3 is 3.00 bits per heavy atom. The number of furan rings is 1. The predicted molar refractivity (Wildman–Crippen MR) is 61.5 cm³/mol. The zero-order valence-corrected chi connectivity index (χ0v) is 9.12. The molecule has 0 saturated carbocycles. The van der Waals surface area contributed by atoms with E-state index in [2.05, 4.69) is 24.8 Å². The summed E-state index contributed by atoms with van der Waals surface area (Å²) in [5.74, 6) is 7.66. The second kappa shape index (κ2) is 4.89. The normalized spacial score (nSPS) is 17.5. The van der Waals surface area contributed by atoms with Gasteiger partial charge in [0.25, 0.3) is 0 Å². The van der Waals surface area contributed by atoms with Gasteiger partial charge in [0.2, 0.25) is 0 Å². The minimum absolute atomic E-state index is 0.197. The molecule has 1 aromatic heterocycles. The van der Waals surface area contributed by atoms with Crippen LogP contribution in [0.2, 0.25) is 0 Å². The summed E-state index contributed by atoms with van der Waals surface area (Å²) < 4.78 is 5.31. The molecule has 78 valence electrons. The van der Waals surface area contributed by atoms with Gasteiger partial charge in [-0.3, -0.25) is 0 Å². The molecule has 1 heteroatoms. The van der Waals surface area contributed by atoms with Gasteiger partial charge in [-0.2, -0.15) is 0 Å². The van der Waals surface area contributed by atoms with Gasteiger partial charge in [-0.25, -0.2) is 0 Å². The Bertz CT molecular complexity index is 387. The van der Waals surface area contributed by atoms with Gasteiger partial charge in [0, 0.05) is 0 Å². The highest BCUT2D eigenvalue weighted by Gasteiger charge is 2.04. The highest BCUT2D eigenvalue weighted by Crippen LogP contribution is 2.18. The van der Waals surface area contributed by atoms with Crippen LogP contribution in [-0.4, -0.2) is 0 Å². The van der Waals surface area contributed by atoms with E-state index in [0.717, 1.165) is 12.2 Å². The Labute approximate surface area is 91.2 Å². The number of rotatable bonds is 1. The summed E-state index contributed by atoms with van der Waals surface area (Å²) in [5.41, 5.74) is 1.31. The van der Waals surface area contributed by atoms with Crippen molar-refractivity contribution < 1.29 is 4.42 Å². The van der Waals surface area contributed by atoms with E-state index < -0.39 is 0 Å². The minimum atomic E-state index is 0.197. The van der Waals surface area contributed by atoms with Crippen molar-refractivity contribution in [2.24, 2.45) is 0 Å². The Morgan fingerprint density at radius 2 is 2.33 bits per heavy atom. The molecule has 1 aliphatic rings. The fourth-order valence-electron chi connectivity index (χ4n) is 1.76. The summed E-state index contributed by atoms with van der Waals surface area (Å²) in [6, 6.07) is 3.89. The molecule has 1 atom stereocenters. The molecule has 0 fully saturated rings. The smallest absolute Gasteiger partial charge is 0.118 e. The quantitative estimate of drug-likeness (QED) is 0.627. The van der Waals surface area contributed by atoms with Crippen LogP contribution < -0.4 is 0 Å². The third kappa shape index (κ3) is 2.76. The molecular weight excluding hydrogens is 184 g/mol. The maximum absolute atomic E-state index is 5.31. The van der Waals surface area contributed by atoms with Crippen molar-refractivity contribution in [2.45, 2.75) is 38.5 Å². The van der Waals surface area contributed by atoms with E-state index in [1.807, 2.05) is 12.1 Å². The highest BCUT2D eigenvalue weighted by molar-refractivity contribution is 5.32. The Kier molecular flexibility index (Phi) is 3.29. The molecule has 2 rings (SSSR count). The molecule has 15 heavy (non-hydrogen) atoms. The van der Waals surface area contributed by atoms with Crippen molar-refractivity contribution in [3.05, 3.63) is 35.8 Å². The van der Waals surface area contributed by atoms with Crippen LogP contribution in [0.25, 0.3) is 0 Å². The van der Waals surface area contributed by atoms with Crippen LogP contribution in [0.3, 0.4) is 0 Å². The summed E-state index contributed by atoms with van der Waals surface area (Å²) in [5, 5.41) is 0. The number of allylic oxidation sites excluding steroid dienone is 2. The third-order valence-electron chi connectivity index (χ3n) is 2.71. The van der Waals surface area contributed by atoms with Crippen molar-refractivity contribution >= 4 is 0 Å². The van der Waals surface area contributed by atoms with Crippen LogP contribution in [-0.2, 0) is 0 Å². The lowest BCUT2D eigenvalue weighted by molar-refractivity contribution is 0.503. The largest absolute Gasteiger partial charge is 0.468 e. The number of hydrogen-bond acceptors (Lipinski definition) is 1. The van der Waals surface area contributed by atoms with Gasteiger partial charge in [0.05, 0.1) is 12.2 Å². The van der Waals surface area contributed by atoms with Gasteiger partial charge >= 0.3 is 0 Å². The lowest BCUT2D eigenvalue weighted by Crippen LogP contribution is -1.90. The van der Waals surface area contributed by atoms with Gasteiger partial charge in [-0.05, 0) is 50.3 Å². The van der Waals surface area contributed by atoms with E-state index in [1.54, 1.807) is 6.26 Å². The molecule has 0 N–H and O–H groups in total. The molecule has 1 unspecified atom stereocenters. The monoisotopic (exact) mass is 200 g/mol. The molecule has 0 spiro atoms. The lowest BCUT2D eigenvalue weighted by Gasteiger charge is -2.06. The molecule has 1 nitrogen and oxygen atoms in total. The van der Waals surface area contributed by atoms with Crippen LogP contribution in [0.5, 0.6) is 0 Å².